The first-order valence-corrected chi connectivity index (χ1v) is 5.03. The fourth-order valence-corrected chi connectivity index (χ4v) is 2.27. The summed E-state index contributed by atoms with van der Waals surface area (Å²) < 4.78 is 25.3. The summed E-state index contributed by atoms with van der Waals surface area (Å²) in [5.74, 6) is 0. The summed E-state index contributed by atoms with van der Waals surface area (Å²) in [6.07, 6.45) is 4.61. The van der Waals surface area contributed by atoms with Crippen molar-refractivity contribution in [3.8, 4) is 0 Å². The Bertz CT molecular complexity index is 344. The Hall–Kier alpha value is -0.840. The van der Waals surface area contributed by atoms with Crippen molar-refractivity contribution in [3.05, 3.63) is 12.4 Å². The molecule has 0 fully saturated rings. The van der Waals surface area contributed by atoms with Gasteiger partial charge in [0.15, 0.2) is 0 Å². The number of sulfone groups is 1. The highest BCUT2D eigenvalue weighted by molar-refractivity contribution is 7.90. The van der Waals surface area contributed by atoms with E-state index in [1.807, 2.05) is 0 Å². The molecule has 0 saturated heterocycles. The molecule has 1 heterocycles. The van der Waals surface area contributed by atoms with Gasteiger partial charge >= 0.3 is 5.16 Å². The maximum atomic E-state index is 11.1. The maximum Gasteiger partial charge on any atom is 0.375 e. The molecule has 0 amide bonds. The Labute approximate surface area is 66.0 Å². The molecule has 1 rings (SSSR count). The van der Waals surface area contributed by atoms with E-state index in [-0.39, 0.29) is 0 Å². The molecule has 1 aromatic heterocycles. The third-order valence-electron chi connectivity index (χ3n) is 1.45. The van der Waals surface area contributed by atoms with E-state index in [9.17, 15) is 8.42 Å². The highest BCUT2D eigenvalue weighted by Crippen LogP contribution is 1.99. The van der Waals surface area contributed by atoms with Crippen LogP contribution in [0.1, 0.15) is 0 Å². The SMILES string of the molecule is Cn1cc[n+](C)c1S(C)(=O)=O. The standard InChI is InChI=1S/C6H11N2O2S/c1-7-4-5-8(2)6(7)11(3,9)10/h4-5H,1-3H3/q+1. The Morgan fingerprint density at radius 2 is 2.09 bits per heavy atom. The lowest BCUT2D eigenvalue weighted by Crippen LogP contribution is -2.33. The van der Waals surface area contributed by atoms with Crippen molar-refractivity contribution >= 4 is 9.84 Å². The smallest absolute Gasteiger partial charge is 0.223 e. The van der Waals surface area contributed by atoms with Crippen LogP contribution < -0.4 is 4.57 Å². The average molecular weight is 175 g/mol. The molecule has 0 unspecified atom stereocenters. The van der Waals surface area contributed by atoms with Gasteiger partial charge in [-0.1, -0.05) is 0 Å². The van der Waals surface area contributed by atoms with Crippen molar-refractivity contribution in [2.45, 2.75) is 5.16 Å². The topological polar surface area (TPSA) is 43.0 Å². The van der Waals surface area contributed by atoms with Crippen molar-refractivity contribution in [2.24, 2.45) is 14.1 Å². The number of aryl methyl sites for hydroxylation is 2. The van der Waals surface area contributed by atoms with E-state index < -0.39 is 9.84 Å². The highest BCUT2D eigenvalue weighted by Gasteiger charge is 2.22. The van der Waals surface area contributed by atoms with Crippen LogP contribution in [0.2, 0.25) is 0 Å². The normalized spacial score (nSPS) is 11.9. The van der Waals surface area contributed by atoms with Crippen molar-refractivity contribution < 1.29 is 13.0 Å². The van der Waals surface area contributed by atoms with Crippen molar-refractivity contribution in [2.75, 3.05) is 6.26 Å². The number of aromatic nitrogens is 2. The second-order valence-corrected chi connectivity index (χ2v) is 4.48. The summed E-state index contributed by atoms with van der Waals surface area (Å²) in [4.78, 5) is 0. The summed E-state index contributed by atoms with van der Waals surface area (Å²) in [6.45, 7) is 0. The Morgan fingerprint density at radius 3 is 2.27 bits per heavy atom. The lowest BCUT2D eigenvalue weighted by atomic mass is 10.9. The summed E-state index contributed by atoms with van der Waals surface area (Å²) in [5, 5.41) is 0.317. The maximum absolute atomic E-state index is 11.1. The molecular formula is C6H11N2O2S+. The molecule has 0 aliphatic heterocycles. The van der Waals surface area contributed by atoms with Crippen molar-refractivity contribution in [3.63, 3.8) is 0 Å². The molecule has 1 aromatic rings. The Kier molecular flexibility index (Phi) is 1.75. The molecule has 62 valence electrons. The number of nitrogens with zero attached hydrogens (tertiary/aromatic N) is 2. The number of hydrogen-bond donors (Lipinski definition) is 0. The van der Waals surface area contributed by atoms with Crippen LogP contribution in [0.5, 0.6) is 0 Å². The summed E-state index contributed by atoms with van der Waals surface area (Å²) in [5.41, 5.74) is 0. The van der Waals surface area contributed by atoms with E-state index in [0.29, 0.717) is 5.16 Å². The van der Waals surface area contributed by atoms with Crippen molar-refractivity contribution in [1.82, 2.24) is 4.57 Å². The summed E-state index contributed by atoms with van der Waals surface area (Å²) in [7, 11) is 0.315. The first kappa shape index (κ1) is 8.26. The average Bonchev–Trinajstić information content (AvgIpc) is 2.08. The highest BCUT2D eigenvalue weighted by atomic mass is 32.2. The van der Waals surface area contributed by atoms with E-state index in [4.69, 9.17) is 0 Å². The van der Waals surface area contributed by atoms with Gasteiger partial charge in [0.1, 0.15) is 12.4 Å². The van der Waals surface area contributed by atoms with Crippen LogP contribution in [-0.2, 0) is 23.9 Å². The molecule has 0 bridgehead atoms. The minimum absolute atomic E-state index is 0.317. The predicted octanol–water partition coefficient (Wildman–Crippen LogP) is -0.747. The van der Waals surface area contributed by atoms with Crippen LogP contribution in [-0.4, -0.2) is 19.2 Å². The van der Waals surface area contributed by atoms with Crippen molar-refractivity contribution in [1.29, 1.82) is 0 Å². The molecule has 11 heavy (non-hydrogen) atoms. The molecule has 0 aliphatic carbocycles. The van der Waals surface area contributed by atoms with Crippen LogP contribution >= 0.6 is 0 Å². The van der Waals surface area contributed by atoms with Gasteiger partial charge in [0, 0.05) is 0 Å². The van der Waals surface area contributed by atoms with Crippen LogP contribution in [0.4, 0.5) is 0 Å². The Balaban J connectivity index is 3.45. The van der Waals surface area contributed by atoms with E-state index in [0.717, 1.165) is 0 Å². The van der Waals surface area contributed by atoms with Gasteiger partial charge in [-0.25, -0.2) is 17.6 Å². The van der Waals surface area contributed by atoms with Gasteiger partial charge in [-0.2, -0.15) is 0 Å². The number of rotatable bonds is 1. The zero-order valence-electron chi connectivity index (χ0n) is 6.77. The van der Waals surface area contributed by atoms with Gasteiger partial charge in [-0.3, -0.25) is 0 Å². The molecular weight excluding hydrogens is 164 g/mol. The minimum Gasteiger partial charge on any atom is -0.223 e. The van der Waals surface area contributed by atoms with E-state index >= 15 is 0 Å². The predicted molar refractivity (Wildman–Crippen MR) is 39.7 cm³/mol. The minimum atomic E-state index is -3.09. The van der Waals surface area contributed by atoms with Gasteiger partial charge in [-0.05, 0) is 0 Å². The second-order valence-electron chi connectivity index (χ2n) is 2.57. The fourth-order valence-electron chi connectivity index (χ4n) is 1.10. The molecule has 0 saturated carbocycles. The molecule has 0 N–H and O–H groups in total. The first-order chi connectivity index (χ1) is 4.93. The zero-order chi connectivity index (χ0) is 8.65. The van der Waals surface area contributed by atoms with Crippen LogP contribution in [0.3, 0.4) is 0 Å². The molecule has 0 aromatic carbocycles. The van der Waals surface area contributed by atoms with Crippen LogP contribution in [0.15, 0.2) is 17.6 Å². The Morgan fingerprint density at radius 1 is 1.55 bits per heavy atom. The molecule has 4 nitrogen and oxygen atoms in total. The third kappa shape index (κ3) is 1.42. The van der Waals surface area contributed by atoms with Gasteiger partial charge in [0.25, 0.3) is 9.84 Å². The van der Waals surface area contributed by atoms with Gasteiger partial charge < -0.3 is 0 Å². The summed E-state index contributed by atoms with van der Waals surface area (Å²) in [6, 6.07) is 0. The van der Waals surface area contributed by atoms with E-state index in [1.165, 1.54) is 6.26 Å². The number of hydrogen-bond acceptors (Lipinski definition) is 2. The molecule has 5 heteroatoms. The van der Waals surface area contributed by atoms with Gasteiger partial charge in [0.2, 0.25) is 0 Å². The summed E-state index contributed by atoms with van der Waals surface area (Å²) >= 11 is 0. The number of imidazole rings is 1. The van der Waals surface area contributed by atoms with Crippen LogP contribution in [0, 0.1) is 0 Å². The fraction of sp³-hybridized carbons (Fsp3) is 0.500. The van der Waals surface area contributed by atoms with Gasteiger partial charge in [-0.15, -0.1) is 0 Å². The molecule has 0 aliphatic rings. The zero-order valence-corrected chi connectivity index (χ0v) is 7.59. The first-order valence-electron chi connectivity index (χ1n) is 3.14. The lowest BCUT2D eigenvalue weighted by Gasteiger charge is -1.92. The lowest BCUT2D eigenvalue weighted by molar-refractivity contribution is -0.710. The largest absolute Gasteiger partial charge is 0.375 e. The third-order valence-corrected chi connectivity index (χ3v) is 2.69. The quantitative estimate of drug-likeness (QED) is 0.527. The van der Waals surface area contributed by atoms with E-state index in [1.54, 1.807) is 35.6 Å². The molecule has 0 radical (unpaired) electrons. The second kappa shape index (κ2) is 2.34. The molecule has 0 spiro atoms. The van der Waals surface area contributed by atoms with E-state index in [2.05, 4.69) is 0 Å². The molecule has 0 atom stereocenters. The van der Waals surface area contributed by atoms with Crippen LogP contribution in [0.25, 0.3) is 0 Å². The monoisotopic (exact) mass is 175 g/mol. The van der Waals surface area contributed by atoms with Gasteiger partial charge in [0.05, 0.1) is 20.4 Å².